The van der Waals surface area contributed by atoms with Gasteiger partial charge in [0.15, 0.2) is 0 Å². The molecule has 3 heterocycles. The van der Waals surface area contributed by atoms with E-state index in [-0.39, 0.29) is 5.91 Å². The van der Waals surface area contributed by atoms with Crippen LogP contribution < -0.4 is 0 Å². The minimum atomic E-state index is 0.181. The number of nitrogens with one attached hydrogen (secondary N) is 1. The Balaban J connectivity index is 1.50. The maximum Gasteiger partial charge on any atom is 0.256 e. The molecule has 0 spiro atoms. The molecule has 23 heavy (non-hydrogen) atoms. The fourth-order valence-electron chi connectivity index (χ4n) is 3.81. The summed E-state index contributed by atoms with van der Waals surface area (Å²) in [6.07, 6.45) is 1.31. The maximum absolute atomic E-state index is 13.0. The van der Waals surface area contributed by atoms with Gasteiger partial charge in [0.2, 0.25) is 0 Å². The number of thioether (sulfide) groups is 1. The van der Waals surface area contributed by atoms with Crippen LogP contribution >= 0.6 is 11.8 Å². The van der Waals surface area contributed by atoms with Gasteiger partial charge in [-0.15, -0.1) is 0 Å². The third-order valence-electron chi connectivity index (χ3n) is 5.13. The Kier molecular flexibility index (Phi) is 4.07. The molecule has 2 aromatic rings. The van der Waals surface area contributed by atoms with E-state index in [1.165, 1.54) is 17.9 Å². The van der Waals surface area contributed by atoms with Crippen molar-refractivity contribution in [3.63, 3.8) is 0 Å². The summed E-state index contributed by atoms with van der Waals surface area (Å²) in [7, 11) is 0. The Labute approximate surface area is 141 Å². The summed E-state index contributed by atoms with van der Waals surface area (Å²) in [4.78, 5) is 21.0. The second kappa shape index (κ2) is 6.21. The second-order valence-corrected chi connectivity index (χ2v) is 7.67. The molecule has 0 radical (unpaired) electrons. The van der Waals surface area contributed by atoms with Crippen molar-refractivity contribution in [1.29, 1.82) is 0 Å². The van der Waals surface area contributed by atoms with Gasteiger partial charge in [-0.3, -0.25) is 9.69 Å². The minimum Gasteiger partial charge on any atom is -0.358 e. The number of benzene rings is 1. The number of amides is 1. The third kappa shape index (κ3) is 2.76. The zero-order valence-corrected chi connectivity index (χ0v) is 14.4. The normalized spacial score (nSPS) is 22.8. The largest absolute Gasteiger partial charge is 0.358 e. The topological polar surface area (TPSA) is 39.3 Å². The van der Waals surface area contributed by atoms with Crippen LogP contribution in [0.4, 0.5) is 0 Å². The van der Waals surface area contributed by atoms with E-state index in [1.807, 2.05) is 36.1 Å². The summed E-state index contributed by atoms with van der Waals surface area (Å²) in [6, 6.07) is 8.81. The number of hydrogen-bond acceptors (Lipinski definition) is 3. The first kappa shape index (κ1) is 15.1. The number of H-pyrrole nitrogens is 1. The summed E-state index contributed by atoms with van der Waals surface area (Å²) < 4.78 is 0. The second-order valence-electron chi connectivity index (χ2n) is 6.52. The predicted octanol–water partition coefficient (Wildman–Crippen LogP) is 2.74. The van der Waals surface area contributed by atoms with E-state index in [9.17, 15) is 4.79 Å². The van der Waals surface area contributed by atoms with Gasteiger partial charge in [0.1, 0.15) is 0 Å². The fraction of sp³-hybridized carbons (Fsp3) is 0.500. The van der Waals surface area contributed by atoms with Crippen molar-refractivity contribution >= 4 is 28.6 Å². The molecule has 2 saturated heterocycles. The van der Waals surface area contributed by atoms with Gasteiger partial charge in [-0.1, -0.05) is 18.2 Å². The molecule has 2 aliphatic rings. The number of hydrogen-bond donors (Lipinski definition) is 1. The predicted molar refractivity (Wildman–Crippen MR) is 96.2 cm³/mol. The molecule has 122 valence electrons. The van der Waals surface area contributed by atoms with Crippen LogP contribution in [0.2, 0.25) is 0 Å². The minimum absolute atomic E-state index is 0.181. The Morgan fingerprint density at radius 2 is 2.00 bits per heavy atom. The smallest absolute Gasteiger partial charge is 0.256 e. The van der Waals surface area contributed by atoms with E-state index in [0.29, 0.717) is 0 Å². The van der Waals surface area contributed by atoms with Crippen molar-refractivity contribution in [2.45, 2.75) is 19.4 Å². The molecule has 4 nitrogen and oxygen atoms in total. The van der Waals surface area contributed by atoms with Gasteiger partial charge in [0.05, 0.1) is 5.56 Å². The maximum atomic E-state index is 13.0. The molecule has 1 N–H and O–H groups in total. The Bertz CT molecular complexity index is 712. The summed E-state index contributed by atoms with van der Waals surface area (Å²) in [5.74, 6) is 2.73. The average molecular weight is 329 g/mol. The van der Waals surface area contributed by atoms with Gasteiger partial charge >= 0.3 is 0 Å². The van der Waals surface area contributed by atoms with Crippen molar-refractivity contribution in [3.05, 3.63) is 35.5 Å². The Morgan fingerprint density at radius 1 is 1.22 bits per heavy atom. The van der Waals surface area contributed by atoms with E-state index in [0.717, 1.165) is 54.4 Å². The van der Waals surface area contributed by atoms with Crippen LogP contribution in [0.1, 0.15) is 22.5 Å². The van der Waals surface area contributed by atoms with E-state index in [1.54, 1.807) is 0 Å². The summed E-state index contributed by atoms with van der Waals surface area (Å²) >= 11 is 2.06. The first-order valence-corrected chi connectivity index (χ1v) is 9.58. The molecule has 1 atom stereocenters. The summed E-state index contributed by atoms with van der Waals surface area (Å²) in [6.45, 7) is 5.72. The number of fused-ring (bicyclic) bond motifs is 1. The molecular formula is C18H23N3OS. The number of carbonyl (C=O) groups is 1. The van der Waals surface area contributed by atoms with Crippen LogP contribution in [-0.2, 0) is 0 Å². The van der Waals surface area contributed by atoms with Crippen LogP contribution in [-0.4, -0.2) is 64.4 Å². The Hall–Kier alpha value is -1.46. The number of para-hydroxylation sites is 1. The van der Waals surface area contributed by atoms with Crippen LogP contribution in [0.25, 0.3) is 10.9 Å². The quantitative estimate of drug-likeness (QED) is 0.921. The lowest BCUT2D eigenvalue weighted by molar-refractivity contribution is 0.0589. The van der Waals surface area contributed by atoms with Gasteiger partial charge < -0.3 is 9.88 Å². The first-order chi connectivity index (χ1) is 11.2. The third-order valence-corrected chi connectivity index (χ3v) is 6.28. The molecule has 0 aliphatic carbocycles. The molecule has 1 amide bonds. The fourth-order valence-corrected chi connectivity index (χ4v) is 5.07. The molecular weight excluding hydrogens is 306 g/mol. The van der Waals surface area contributed by atoms with Crippen molar-refractivity contribution in [1.82, 2.24) is 14.8 Å². The number of piperazine rings is 1. The lowest BCUT2D eigenvalue weighted by atomic mass is 10.1. The number of aryl methyl sites for hydroxylation is 1. The standard InChI is InChI=1S/C18H23N3OS/c1-13-17(15-4-2-3-5-16(15)19-13)18(22)21-9-7-20(8-10-21)14-6-11-23-12-14/h2-5,14,19H,6-12H2,1H3/t14-/m1/s1. The van der Waals surface area contributed by atoms with Crippen LogP contribution in [0, 0.1) is 6.92 Å². The number of aromatic amines is 1. The lowest BCUT2D eigenvalue weighted by Gasteiger charge is -2.37. The van der Waals surface area contributed by atoms with Crippen LogP contribution in [0.3, 0.4) is 0 Å². The zero-order valence-electron chi connectivity index (χ0n) is 13.5. The van der Waals surface area contributed by atoms with Crippen molar-refractivity contribution < 1.29 is 4.79 Å². The SMILES string of the molecule is Cc1[nH]c2ccccc2c1C(=O)N1CCN([C@@H]2CCSC2)CC1. The number of nitrogens with zero attached hydrogens (tertiary/aromatic N) is 2. The van der Waals surface area contributed by atoms with Gasteiger partial charge in [0, 0.05) is 54.6 Å². The van der Waals surface area contributed by atoms with Crippen molar-refractivity contribution in [2.24, 2.45) is 0 Å². The first-order valence-electron chi connectivity index (χ1n) is 8.42. The van der Waals surface area contributed by atoms with E-state index >= 15 is 0 Å². The van der Waals surface area contributed by atoms with E-state index in [2.05, 4.69) is 21.6 Å². The van der Waals surface area contributed by atoms with Gasteiger partial charge in [-0.25, -0.2) is 0 Å². The van der Waals surface area contributed by atoms with E-state index < -0.39 is 0 Å². The monoisotopic (exact) mass is 329 g/mol. The summed E-state index contributed by atoms with van der Waals surface area (Å²) in [5.41, 5.74) is 2.88. The Morgan fingerprint density at radius 3 is 2.74 bits per heavy atom. The van der Waals surface area contributed by atoms with Gasteiger partial charge in [-0.05, 0) is 25.2 Å². The summed E-state index contributed by atoms with van der Waals surface area (Å²) in [5, 5.41) is 1.05. The van der Waals surface area contributed by atoms with Gasteiger partial charge in [0.25, 0.3) is 5.91 Å². The number of carbonyl (C=O) groups excluding carboxylic acids is 1. The highest BCUT2D eigenvalue weighted by molar-refractivity contribution is 7.99. The van der Waals surface area contributed by atoms with Crippen LogP contribution in [0.5, 0.6) is 0 Å². The molecule has 1 aromatic carbocycles. The highest BCUT2D eigenvalue weighted by atomic mass is 32.2. The highest BCUT2D eigenvalue weighted by Gasteiger charge is 2.29. The highest BCUT2D eigenvalue weighted by Crippen LogP contribution is 2.26. The molecule has 4 rings (SSSR count). The molecule has 0 saturated carbocycles. The van der Waals surface area contributed by atoms with Crippen LogP contribution in [0.15, 0.2) is 24.3 Å². The number of aromatic nitrogens is 1. The molecule has 2 fully saturated rings. The van der Waals surface area contributed by atoms with Crippen molar-refractivity contribution in [2.75, 3.05) is 37.7 Å². The zero-order chi connectivity index (χ0) is 15.8. The van der Waals surface area contributed by atoms with E-state index in [4.69, 9.17) is 0 Å². The molecule has 0 unspecified atom stereocenters. The molecule has 2 aliphatic heterocycles. The average Bonchev–Trinajstić information content (AvgIpc) is 3.21. The lowest BCUT2D eigenvalue weighted by Crippen LogP contribution is -2.52. The van der Waals surface area contributed by atoms with Crippen molar-refractivity contribution in [3.8, 4) is 0 Å². The molecule has 1 aromatic heterocycles. The number of rotatable bonds is 2. The molecule has 0 bridgehead atoms. The van der Waals surface area contributed by atoms with Gasteiger partial charge in [-0.2, -0.15) is 11.8 Å². The molecule has 5 heteroatoms.